The summed E-state index contributed by atoms with van der Waals surface area (Å²) in [6.45, 7) is 14.5. The summed E-state index contributed by atoms with van der Waals surface area (Å²) in [5.74, 6) is 5.06. The highest BCUT2D eigenvalue weighted by atomic mass is 16.5. The maximum Gasteiger partial charge on any atom is 0.133 e. The van der Waals surface area contributed by atoms with E-state index in [1.54, 1.807) is 0 Å². The van der Waals surface area contributed by atoms with E-state index in [4.69, 9.17) is 4.74 Å². The number of fused-ring (bicyclic) bond motifs is 6. The Kier molecular flexibility index (Phi) is 7.09. The zero-order chi connectivity index (χ0) is 39.3. The molecule has 0 radical (unpaired) electrons. The van der Waals surface area contributed by atoms with Crippen LogP contribution in [0.15, 0.2) is 127 Å². The lowest BCUT2D eigenvalue weighted by Crippen LogP contribution is -2.44. The van der Waals surface area contributed by atoms with Gasteiger partial charge in [-0.1, -0.05) is 126 Å². The summed E-state index contributed by atoms with van der Waals surface area (Å²) in [6, 6.07) is 48.9. The fraction of sp³-hybridized carbons (Fsp3) is 0.357. The van der Waals surface area contributed by atoms with Crippen LogP contribution in [0.4, 0.5) is 17.1 Å². The summed E-state index contributed by atoms with van der Waals surface area (Å²) >= 11 is 0. The Bertz CT molecular complexity index is 2680. The van der Waals surface area contributed by atoms with E-state index in [0.29, 0.717) is 11.8 Å². The summed E-state index contributed by atoms with van der Waals surface area (Å²) in [6.07, 6.45) is 7.80. The molecule has 6 aliphatic carbocycles. The van der Waals surface area contributed by atoms with Gasteiger partial charge >= 0.3 is 0 Å². The average molecular weight is 758 g/mol. The molecule has 58 heavy (non-hydrogen) atoms. The molecule has 0 N–H and O–H groups in total. The van der Waals surface area contributed by atoms with Crippen molar-refractivity contribution in [3.05, 3.63) is 161 Å². The Morgan fingerprint density at radius 1 is 0.500 bits per heavy atom. The molecule has 5 atom stereocenters. The van der Waals surface area contributed by atoms with Gasteiger partial charge in [-0.3, -0.25) is 0 Å². The lowest BCUT2D eigenvalue weighted by atomic mass is 9.55. The highest BCUT2D eigenvalue weighted by Crippen LogP contribution is 2.73. The zero-order valence-corrected chi connectivity index (χ0v) is 35.0. The van der Waals surface area contributed by atoms with Gasteiger partial charge in [0.1, 0.15) is 11.5 Å². The summed E-state index contributed by atoms with van der Waals surface area (Å²) < 4.78 is 7.28. The van der Waals surface area contributed by atoms with Crippen LogP contribution in [-0.4, -0.2) is 0 Å². The van der Waals surface area contributed by atoms with E-state index in [-0.39, 0.29) is 21.7 Å². The second-order valence-corrected chi connectivity index (χ2v) is 20.8. The summed E-state index contributed by atoms with van der Waals surface area (Å²) in [7, 11) is 0. The summed E-state index contributed by atoms with van der Waals surface area (Å²) in [5.41, 5.74) is 17.7. The second-order valence-electron chi connectivity index (χ2n) is 20.8. The molecule has 1 heterocycles. The normalized spacial score (nSPS) is 26.7. The van der Waals surface area contributed by atoms with Crippen LogP contribution < -0.4 is 9.64 Å². The summed E-state index contributed by atoms with van der Waals surface area (Å²) in [4.78, 5) is 2.54. The largest absolute Gasteiger partial charge is 0.457 e. The van der Waals surface area contributed by atoms with E-state index >= 15 is 0 Å². The highest BCUT2D eigenvalue weighted by molar-refractivity contribution is 5.87. The molecule has 4 saturated carbocycles. The Morgan fingerprint density at radius 2 is 1.16 bits per heavy atom. The highest BCUT2D eigenvalue weighted by Gasteiger charge is 2.66. The average Bonchev–Trinajstić information content (AvgIpc) is 3.74. The van der Waals surface area contributed by atoms with E-state index in [2.05, 4.69) is 174 Å². The standard InChI is InChI=1S/C56H55NO/c1-53(2)25-26-54(3,4)49-32-39(20-23-45(49)53)57(38-19-22-43-42-15-10-11-17-44(42)55(5,6)48(43)31-38)40-21-24-46-51(33-40)58-50-18-12-16-41(35-13-8-7-9-14-35)52(50)56(46)37-28-34-27-36(30-37)47(56)29-34/h7-24,31-34,36-37,47H,25-30H2,1-6H3. The minimum absolute atomic E-state index is 0.0405. The van der Waals surface area contributed by atoms with Crippen molar-refractivity contribution in [2.45, 2.75) is 102 Å². The first kappa shape index (κ1) is 34.9. The van der Waals surface area contributed by atoms with Crippen LogP contribution in [0.5, 0.6) is 11.5 Å². The zero-order valence-electron chi connectivity index (χ0n) is 35.0. The van der Waals surface area contributed by atoms with Gasteiger partial charge in [-0.15, -0.1) is 0 Å². The van der Waals surface area contributed by atoms with E-state index in [0.717, 1.165) is 29.0 Å². The van der Waals surface area contributed by atoms with Crippen molar-refractivity contribution >= 4 is 17.1 Å². The van der Waals surface area contributed by atoms with Crippen molar-refractivity contribution in [1.29, 1.82) is 0 Å². The van der Waals surface area contributed by atoms with Gasteiger partial charge < -0.3 is 9.64 Å². The molecule has 0 amide bonds. The van der Waals surface area contributed by atoms with Gasteiger partial charge in [0.05, 0.1) is 0 Å². The molecule has 5 unspecified atom stereocenters. The lowest BCUT2D eigenvalue weighted by Gasteiger charge is -2.49. The van der Waals surface area contributed by atoms with Crippen LogP contribution in [0, 0.1) is 23.7 Å². The van der Waals surface area contributed by atoms with Crippen LogP contribution >= 0.6 is 0 Å². The van der Waals surface area contributed by atoms with Gasteiger partial charge in [-0.05, 0) is 154 Å². The number of nitrogens with zero attached hydrogens (tertiary/aromatic N) is 1. The third-order valence-corrected chi connectivity index (χ3v) is 16.6. The molecule has 2 nitrogen and oxygen atoms in total. The van der Waals surface area contributed by atoms with Crippen LogP contribution in [0.2, 0.25) is 0 Å². The van der Waals surface area contributed by atoms with Crippen molar-refractivity contribution in [3.8, 4) is 33.8 Å². The Hall–Kier alpha value is -5.08. The Balaban J connectivity index is 1.07. The molecule has 290 valence electrons. The number of ether oxygens (including phenoxy) is 1. The first-order chi connectivity index (χ1) is 27.9. The van der Waals surface area contributed by atoms with Crippen molar-refractivity contribution < 1.29 is 4.74 Å². The minimum atomic E-state index is -0.0953. The van der Waals surface area contributed by atoms with E-state index in [1.807, 2.05) is 0 Å². The molecule has 0 saturated heterocycles. The molecule has 4 bridgehead atoms. The fourth-order valence-electron chi connectivity index (χ4n) is 13.8. The van der Waals surface area contributed by atoms with E-state index in [1.165, 1.54) is 106 Å². The van der Waals surface area contributed by atoms with Crippen molar-refractivity contribution in [2.24, 2.45) is 23.7 Å². The Morgan fingerprint density at radius 3 is 1.95 bits per heavy atom. The first-order valence-corrected chi connectivity index (χ1v) is 22.2. The van der Waals surface area contributed by atoms with Crippen LogP contribution in [0.1, 0.15) is 113 Å². The predicted octanol–water partition coefficient (Wildman–Crippen LogP) is 14.9. The number of hydrogen-bond acceptors (Lipinski definition) is 2. The molecule has 4 fully saturated rings. The molecule has 7 aliphatic rings. The van der Waals surface area contributed by atoms with E-state index in [9.17, 15) is 0 Å². The SMILES string of the molecule is CC1(C)CCC(C)(C)c2cc(N(c3ccc4c(c3)Oc3cccc(-c5ccccc5)c3C43C4CC5CC(C4)C3C5)c3ccc4c(c3)C(C)(C)c3ccccc3-4)ccc21. The molecule has 2 heteroatoms. The smallest absolute Gasteiger partial charge is 0.133 e. The van der Waals surface area contributed by atoms with Gasteiger partial charge in [-0.25, -0.2) is 0 Å². The van der Waals surface area contributed by atoms with Crippen molar-refractivity contribution in [2.75, 3.05) is 4.90 Å². The minimum Gasteiger partial charge on any atom is -0.457 e. The molecule has 1 aliphatic heterocycles. The molecule has 0 aromatic heterocycles. The monoisotopic (exact) mass is 757 g/mol. The van der Waals surface area contributed by atoms with Gasteiger partial charge in [0.25, 0.3) is 0 Å². The quantitative estimate of drug-likeness (QED) is 0.178. The maximum atomic E-state index is 7.28. The second kappa shape index (κ2) is 11.8. The number of hydrogen-bond donors (Lipinski definition) is 0. The number of benzene rings is 6. The van der Waals surface area contributed by atoms with Gasteiger partial charge in [-0.2, -0.15) is 0 Å². The van der Waals surface area contributed by atoms with Crippen molar-refractivity contribution in [3.63, 3.8) is 0 Å². The van der Waals surface area contributed by atoms with Crippen LogP contribution in [0.25, 0.3) is 22.3 Å². The van der Waals surface area contributed by atoms with Gasteiger partial charge in [0.15, 0.2) is 0 Å². The summed E-state index contributed by atoms with van der Waals surface area (Å²) in [5, 5.41) is 0. The molecule has 6 aromatic rings. The molecule has 13 rings (SSSR count). The Labute approximate surface area is 345 Å². The fourth-order valence-corrected chi connectivity index (χ4v) is 13.8. The molecule has 1 spiro atoms. The van der Waals surface area contributed by atoms with Crippen LogP contribution in [0.3, 0.4) is 0 Å². The predicted molar refractivity (Wildman–Crippen MR) is 239 cm³/mol. The first-order valence-electron chi connectivity index (χ1n) is 22.2. The maximum absolute atomic E-state index is 7.28. The van der Waals surface area contributed by atoms with E-state index < -0.39 is 0 Å². The lowest BCUT2D eigenvalue weighted by molar-refractivity contribution is 0.174. The van der Waals surface area contributed by atoms with Crippen molar-refractivity contribution in [1.82, 2.24) is 0 Å². The number of anilines is 3. The number of rotatable bonds is 4. The van der Waals surface area contributed by atoms with Gasteiger partial charge in [0, 0.05) is 45.1 Å². The molecule has 6 aromatic carbocycles. The third kappa shape index (κ3) is 4.61. The van der Waals surface area contributed by atoms with Crippen LogP contribution in [-0.2, 0) is 21.7 Å². The molecular weight excluding hydrogens is 703 g/mol. The molecular formula is C56H55NO. The third-order valence-electron chi connectivity index (χ3n) is 16.6. The van der Waals surface area contributed by atoms with Gasteiger partial charge in [0.2, 0.25) is 0 Å². The topological polar surface area (TPSA) is 12.5 Å².